The zero-order valence-electron chi connectivity index (χ0n) is 16.9. The molecular weight excluding hydrogens is 439 g/mol. The van der Waals surface area contributed by atoms with Crippen LogP contribution in [0.2, 0.25) is 0 Å². The number of halogens is 1. The van der Waals surface area contributed by atoms with Gasteiger partial charge in [0.05, 0.1) is 6.54 Å². The van der Waals surface area contributed by atoms with E-state index in [1.807, 2.05) is 13.2 Å². The number of guanidine groups is 1. The first-order valence-corrected chi connectivity index (χ1v) is 9.82. The number of hydrogen-bond donors (Lipinski definition) is 2. The normalized spacial score (nSPS) is 16.6. The van der Waals surface area contributed by atoms with Gasteiger partial charge < -0.3 is 20.1 Å². The van der Waals surface area contributed by atoms with Crippen LogP contribution >= 0.6 is 24.0 Å². The highest BCUT2D eigenvalue weighted by atomic mass is 127. The molecule has 1 fully saturated rings. The molecule has 1 aliphatic heterocycles. The molecule has 150 valence electrons. The molecule has 2 N–H and O–H groups in total. The summed E-state index contributed by atoms with van der Waals surface area (Å²) in [4.78, 5) is 11.4. The summed E-state index contributed by atoms with van der Waals surface area (Å²) in [6.07, 6.45) is 8.89. The van der Waals surface area contributed by atoms with Crippen molar-refractivity contribution in [1.82, 2.24) is 25.1 Å². The van der Waals surface area contributed by atoms with E-state index in [-0.39, 0.29) is 24.0 Å². The van der Waals surface area contributed by atoms with Gasteiger partial charge in [0.25, 0.3) is 0 Å². The van der Waals surface area contributed by atoms with Gasteiger partial charge in [-0.25, -0.2) is 4.98 Å². The monoisotopic (exact) mass is 476 g/mol. The fourth-order valence-corrected chi connectivity index (χ4v) is 3.30. The molecule has 7 heteroatoms. The van der Waals surface area contributed by atoms with E-state index in [1.54, 1.807) is 0 Å². The van der Waals surface area contributed by atoms with Crippen molar-refractivity contribution in [2.45, 2.75) is 65.6 Å². The van der Waals surface area contributed by atoms with Gasteiger partial charge in [0.1, 0.15) is 5.82 Å². The first kappa shape index (κ1) is 23.2. The maximum absolute atomic E-state index is 4.47. The lowest BCUT2D eigenvalue weighted by atomic mass is 10.0. The number of nitrogens with one attached hydrogen (secondary N) is 2. The highest BCUT2D eigenvalue weighted by Gasteiger charge is 2.19. The number of piperidine rings is 1. The van der Waals surface area contributed by atoms with Crippen molar-refractivity contribution >= 4 is 29.9 Å². The number of aliphatic imine (C=N–C) groups is 1. The van der Waals surface area contributed by atoms with Gasteiger partial charge in [-0.15, -0.1) is 24.0 Å². The van der Waals surface area contributed by atoms with Crippen LogP contribution in [0.25, 0.3) is 0 Å². The summed E-state index contributed by atoms with van der Waals surface area (Å²) in [5.74, 6) is 2.56. The van der Waals surface area contributed by atoms with Crippen molar-refractivity contribution in [1.29, 1.82) is 0 Å². The van der Waals surface area contributed by atoms with Crippen molar-refractivity contribution in [3.63, 3.8) is 0 Å². The molecule has 1 aromatic heterocycles. The second-order valence-corrected chi connectivity index (χ2v) is 7.43. The molecule has 0 aromatic carbocycles. The van der Waals surface area contributed by atoms with Crippen molar-refractivity contribution in [3.05, 3.63) is 18.2 Å². The predicted molar refractivity (Wildman–Crippen MR) is 120 cm³/mol. The van der Waals surface area contributed by atoms with Crippen LogP contribution in [0.4, 0.5) is 0 Å². The molecule has 1 saturated heterocycles. The zero-order valence-corrected chi connectivity index (χ0v) is 19.2. The Morgan fingerprint density at radius 2 is 2.08 bits per heavy atom. The van der Waals surface area contributed by atoms with Gasteiger partial charge in [-0.3, -0.25) is 4.99 Å². The Hall–Kier alpha value is -0.830. The molecule has 2 heterocycles. The second-order valence-electron chi connectivity index (χ2n) is 7.43. The molecule has 0 amide bonds. The Bertz CT molecular complexity index is 520. The van der Waals surface area contributed by atoms with Crippen LogP contribution in [-0.4, -0.2) is 53.1 Å². The standard InChI is InChI=1S/C19H36N6.HI/c1-5-6-10-24-11-7-17(8-12-24)23-19(20-4)22-14-18-21-9-13-25(18)15-16(2)3;/h9,13,16-17H,5-8,10-12,14-15H2,1-4H3,(H2,20,22,23);1H. The van der Waals surface area contributed by atoms with Gasteiger partial charge in [-0.2, -0.15) is 0 Å². The van der Waals surface area contributed by atoms with Crippen LogP contribution < -0.4 is 10.6 Å². The molecule has 1 aliphatic rings. The van der Waals surface area contributed by atoms with E-state index in [0.717, 1.165) is 18.3 Å². The molecule has 26 heavy (non-hydrogen) atoms. The SMILES string of the molecule is CCCCN1CCC(NC(=NC)NCc2nccn2CC(C)C)CC1.I. The smallest absolute Gasteiger partial charge is 0.191 e. The second kappa shape index (κ2) is 12.5. The molecule has 0 aliphatic carbocycles. The number of hydrogen-bond acceptors (Lipinski definition) is 3. The largest absolute Gasteiger partial charge is 0.354 e. The molecule has 0 unspecified atom stereocenters. The van der Waals surface area contributed by atoms with Crippen LogP contribution in [0.3, 0.4) is 0 Å². The van der Waals surface area contributed by atoms with Gasteiger partial charge in [-0.1, -0.05) is 27.2 Å². The van der Waals surface area contributed by atoms with Gasteiger partial charge in [0.2, 0.25) is 0 Å². The molecule has 0 saturated carbocycles. The zero-order chi connectivity index (χ0) is 18.1. The van der Waals surface area contributed by atoms with Gasteiger partial charge in [-0.05, 0) is 31.7 Å². The topological polar surface area (TPSA) is 57.5 Å². The fraction of sp³-hybridized carbons (Fsp3) is 0.789. The summed E-state index contributed by atoms with van der Waals surface area (Å²) in [5.41, 5.74) is 0. The molecule has 6 nitrogen and oxygen atoms in total. The molecule has 0 bridgehead atoms. The molecule has 0 atom stereocenters. The van der Waals surface area contributed by atoms with Gasteiger partial charge in [0.15, 0.2) is 5.96 Å². The first-order valence-electron chi connectivity index (χ1n) is 9.82. The van der Waals surface area contributed by atoms with Crippen LogP contribution in [-0.2, 0) is 13.1 Å². The third-order valence-electron chi connectivity index (χ3n) is 4.76. The number of nitrogens with zero attached hydrogens (tertiary/aromatic N) is 4. The van der Waals surface area contributed by atoms with Crippen LogP contribution in [0.5, 0.6) is 0 Å². The number of rotatable bonds is 8. The van der Waals surface area contributed by atoms with E-state index in [2.05, 4.69) is 57.0 Å². The van der Waals surface area contributed by atoms with Crippen molar-refractivity contribution in [2.24, 2.45) is 10.9 Å². The lowest BCUT2D eigenvalue weighted by Crippen LogP contribution is -2.48. The summed E-state index contributed by atoms with van der Waals surface area (Å²) in [5, 5.41) is 7.00. The Morgan fingerprint density at radius 1 is 1.35 bits per heavy atom. The average Bonchev–Trinajstić information content (AvgIpc) is 3.04. The van der Waals surface area contributed by atoms with E-state index < -0.39 is 0 Å². The van der Waals surface area contributed by atoms with Crippen LogP contribution in [0.15, 0.2) is 17.4 Å². The summed E-state index contributed by atoms with van der Waals surface area (Å²) >= 11 is 0. The van der Waals surface area contributed by atoms with Crippen LogP contribution in [0.1, 0.15) is 52.3 Å². The van der Waals surface area contributed by atoms with E-state index in [0.29, 0.717) is 18.5 Å². The van der Waals surface area contributed by atoms with E-state index in [4.69, 9.17) is 0 Å². The highest BCUT2D eigenvalue weighted by Crippen LogP contribution is 2.11. The maximum Gasteiger partial charge on any atom is 0.191 e. The third kappa shape index (κ3) is 7.82. The third-order valence-corrected chi connectivity index (χ3v) is 4.76. The van der Waals surface area contributed by atoms with Crippen molar-refractivity contribution in [3.8, 4) is 0 Å². The Balaban J connectivity index is 0.00000338. The van der Waals surface area contributed by atoms with Gasteiger partial charge >= 0.3 is 0 Å². The molecule has 2 rings (SSSR count). The lowest BCUT2D eigenvalue weighted by molar-refractivity contribution is 0.203. The minimum absolute atomic E-state index is 0. The minimum Gasteiger partial charge on any atom is -0.354 e. The van der Waals surface area contributed by atoms with E-state index >= 15 is 0 Å². The average molecular weight is 476 g/mol. The summed E-state index contributed by atoms with van der Waals surface area (Å²) < 4.78 is 2.22. The van der Waals surface area contributed by atoms with Crippen molar-refractivity contribution in [2.75, 3.05) is 26.7 Å². The maximum atomic E-state index is 4.47. The molecule has 1 aromatic rings. The number of likely N-dealkylation sites (tertiary alicyclic amines) is 1. The van der Waals surface area contributed by atoms with E-state index in [9.17, 15) is 0 Å². The molecular formula is C19H37IN6. The Kier molecular flexibility index (Phi) is 11.2. The number of aromatic nitrogens is 2. The predicted octanol–water partition coefficient (Wildman–Crippen LogP) is 3.09. The first-order chi connectivity index (χ1) is 12.1. The molecule has 0 spiro atoms. The number of imidazole rings is 1. The lowest BCUT2D eigenvalue weighted by Gasteiger charge is -2.33. The quantitative estimate of drug-likeness (QED) is 0.344. The number of unbranched alkanes of at least 4 members (excludes halogenated alkanes) is 1. The summed E-state index contributed by atoms with van der Waals surface area (Å²) in [6, 6.07) is 0.513. The highest BCUT2D eigenvalue weighted by molar-refractivity contribution is 14.0. The fourth-order valence-electron chi connectivity index (χ4n) is 3.30. The summed E-state index contributed by atoms with van der Waals surface area (Å²) in [7, 11) is 1.84. The van der Waals surface area contributed by atoms with Gasteiger partial charge in [0, 0.05) is 45.1 Å². The summed E-state index contributed by atoms with van der Waals surface area (Å²) in [6.45, 7) is 12.0. The molecule has 0 radical (unpaired) electrons. The Labute approximate surface area is 176 Å². The van der Waals surface area contributed by atoms with Crippen molar-refractivity contribution < 1.29 is 0 Å². The minimum atomic E-state index is 0. The Morgan fingerprint density at radius 3 is 2.69 bits per heavy atom. The van der Waals surface area contributed by atoms with Crippen LogP contribution in [0, 0.1) is 5.92 Å². The van der Waals surface area contributed by atoms with E-state index in [1.165, 1.54) is 45.3 Å².